The molecule has 0 unspecified atom stereocenters. The van der Waals surface area contributed by atoms with Crippen molar-refractivity contribution in [1.82, 2.24) is 0 Å². The fraction of sp³-hybridized carbons (Fsp3) is 0.714. The van der Waals surface area contributed by atoms with Crippen molar-refractivity contribution in [3.05, 3.63) is 35.5 Å². The van der Waals surface area contributed by atoms with E-state index in [1.807, 2.05) is 19.1 Å². The summed E-state index contributed by atoms with van der Waals surface area (Å²) in [4.78, 5) is 0. The largest absolute Gasteiger partial charge is 0.394 e. The van der Waals surface area contributed by atoms with E-state index in [2.05, 4.69) is 6.58 Å². The molecular weight excluding hydrogens is 332 g/mol. The number of aliphatic hydroxyl groups excluding tert-OH is 4. The van der Waals surface area contributed by atoms with Crippen molar-refractivity contribution in [3.63, 3.8) is 0 Å². The summed E-state index contributed by atoms with van der Waals surface area (Å²) in [5, 5.41) is 51.1. The van der Waals surface area contributed by atoms with Gasteiger partial charge in [-0.25, -0.2) is 0 Å². The van der Waals surface area contributed by atoms with E-state index < -0.39 is 29.8 Å². The summed E-state index contributed by atoms with van der Waals surface area (Å²) in [5.41, 5.74) is 1.07. The number of hydrogen-bond acceptors (Lipinski definition) is 5. The van der Waals surface area contributed by atoms with Gasteiger partial charge in [-0.2, -0.15) is 0 Å². The van der Waals surface area contributed by atoms with E-state index >= 15 is 0 Å². The predicted octanol–water partition coefficient (Wildman–Crippen LogP) is 1.60. The van der Waals surface area contributed by atoms with E-state index in [9.17, 15) is 25.5 Å². The molecule has 0 spiro atoms. The third-order valence-electron chi connectivity index (χ3n) is 7.06. The van der Waals surface area contributed by atoms with Crippen LogP contribution in [-0.4, -0.2) is 56.1 Å². The van der Waals surface area contributed by atoms with E-state index in [1.54, 1.807) is 0 Å². The Balaban J connectivity index is 1.91. The Hall–Kier alpha value is -0.980. The minimum Gasteiger partial charge on any atom is -0.394 e. The zero-order valence-corrected chi connectivity index (χ0v) is 15.6. The molecule has 0 amide bonds. The lowest BCUT2D eigenvalue weighted by molar-refractivity contribution is -0.170. The molecule has 146 valence electrons. The van der Waals surface area contributed by atoms with Crippen LogP contribution in [0.25, 0.3) is 0 Å². The molecule has 3 saturated carbocycles. The van der Waals surface area contributed by atoms with Gasteiger partial charge in [0.1, 0.15) is 6.10 Å². The van der Waals surface area contributed by atoms with Crippen LogP contribution in [0.5, 0.6) is 0 Å². The van der Waals surface area contributed by atoms with Crippen molar-refractivity contribution in [2.24, 2.45) is 11.3 Å². The first kappa shape index (κ1) is 19.8. The van der Waals surface area contributed by atoms with Gasteiger partial charge >= 0.3 is 0 Å². The lowest BCUT2D eigenvalue weighted by Crippen LogP contribution is -2.57. The molecule has 0 aliphatic heterocycles. The van der Waals surface area contributed by atoms with Gasteiger partial charge in [0, 0.05) is 5.41 Å². The van der Waals surface area contributed by atoms with Gasteiger partial charge in [-0.1, -0.05) is 36.8 Å². The van der Waals surface area contributed by atoms with Gasteiger partial charge in [-0.15, -0.1) is 0 Å². The van der Waals surface area contributed by atoms with Crippen molar-refractivity contribution >= 4 is 0 Å². The topological polar surface area (TPSA) is 101 Å². The van der Waals surface area contributed by atoms with Crippen molar-refractivity contribution < 1.29 is 25.5 Å². The summed E-state index contributed by atoms with van der Waals surface area (Å²) in [5.74, 6) is 0.0516. The standard InChI is InChI=1S/C21H32O5/c1-13-3-6-16(23)9-14(13)4-5-15-10-17(24)11-20(2)18(15)7-8-21(20,26)19(25)12-22/h4-5,16-19,22-26H,1,3,6-12H2,2H3/b14-4-,15-5+/t16-,17-,18-,19+,20-,21-/m0/s1. The Morgan fingerprint density at radius 3 is 2.62 bits per heavy atom. The van der Waals surface area contributed by atoms with Crippen molar-refractivity contribution in [3.8, 4) is 0 Å². The molecular formula is C21H32O5. The highest BCUT2D eigenvalue weighted by molar-refractivity contribution is 5.37. The van der Waals surface area contributed by atoms with Crippen LogP contribution in [0.1, 0.15) is 51.9 Å². The van der Waals surface area contributed by atoms with Crippen molar-refractivity contribution in [1.29, 1.82) is 0 Å². The second kappa shape index (κ2) is 7.21. The number of fused-ring (bicyclic) bond motifs is 1. The second-order valence-electron chi connectivity index (χ2n) is 8.63. The Kier molecular flexibility index (Phi) is 5.48. The van der Waals surface area contributed by atoms with Crippen molar-refractivity contribution in [2.75, 3.05) is 6.61 Å². The smallest absolute Gasteiger partial charge is 0.106 e. The SMILES string of the molecule is C=C1CC[C@H](O)C/C1=C/C=C1\C[C@H](O)C[C@@]2(C)[C@H]1CC[C@]2(O)[C@H](O)CO. The fourth-order valence-electron chi connectivity index (χ4n) is 5.44. The maximum Gasteiger partial charge on any atom is 0.106 e. The molecule has 3 aliphatic carbocycles. The summed E-state index contributed by atoms with van der Waals surface area (Å²) in [6.45, 7) is 5.51. The average molecular weight is 364 g/mol. The predicted molar refractivity (Wildman–Crippen MR) is 99.3 cm³/mol. The molecule has 3 fully saturated rings. The van der Waals surface area contributed by atoms with Crippen LogP contribution in [0.2, 0.25) is 0 Å². The van der Waals surface area contributed by atoms with Crippen LogP contribution in [-0.2, 0) is 0 Å². The lowest BCUT2D eigenvalue weighted by Gasteiger charge is -2.49. The summed E-state index contributed by atoms with van der Waals surface area (Å²) in [6, 6.07) is 0. The maximum atomic E-state index is 11.1. The Morgan fingerprint density at radius 1 is 1.19 bits per heavy atom. The molecule has 0 aromatic rings. The highest BCUT2D eigenvalue weighted by Gasteiger charge is 2.62. The Morgan fingerprint density at radius 2 is 1.92 bits per heavy atom. The summed E-state index contributed by atoms with van der Waals surface area (Å²) >= 11 is 0. The van der Waals surface area contributed by atoms with Gasteiger partial charge in [0.15, 0.2) is 0 Å². The van der Waals surface area contributed by atoms with Crippen LogP contribution in [0, 0.1) is 11.3 Å². The van der Waals surface area contributed by atoms with E-state index in [1.165, 1.54) is 0 Å². The Labute approximate surface area is 155 Å². The molecule has 5 N–H and O–H groups in total. The van der Waals surface area contributed by atoms with E-state index in [-0.39, 0.29) is 12.0 Å². The zero-order valence-electron chi connectivity index (χ0n) is 15.6. The monoisotopic (exact) mass is 364 g/mol. The van der Waals surface area contributed by atoms with Crippen LogP contribution < -0.4 is 0 Å². The fourth-order valence-corrected chi connectivity index (χ4v) is 5.44. The molecule has 6 atom stereocenters. The zero-order chi connectivity index (χ0) is 19.1. The van der Waals surface area contributed by atoms with E-state index in [0.717, 1.165) is 36.0 Å². The molecule has 0 aromatic heterocycles. The van der Waals surface area contributed by atoms with Gasteiger partial charge in [0.25, 0.3) is 0 Å². The first-order valence-corrected chi connectivity index (χ1v) is 9.66. The average Bonchev–Trinajstić information content (AvgIpc) is 2.86. The van der Waals surface area contributed by atoms with Crippen LogP contribution in [0.15, 0.2) is 35.5 Å². The van der Waals surface area contributed by atoms with Crippen molar-refractivity contribution in [2.45, 2.75) is 75.8 Å². The lowest BCUT2D eigenvalue weighted by atomic mass is 9.59. The molecule has 0 saturated heterocycles. The highest BCUT2D eigenvalue weighted by Crippen LogP contribution is 2.60. The molecule has 0 heterocycles. The number of hydrogen-bond donors (Lipinski definition) is 5. The minimum absolute atomic E-state index is 0.0516. The second-order valence-corrected chi connectivity index (χ2v) is 8.63. The Bertz CT molecular complexity index is 624. The third kappa shape index (κ3) is 3.20. The molecule has 0 radical (unpaired) electrons. The minimum atomic E-state index is -1.40. The maximum absolute atomic E-state index is 11.1. The highest BCUT2D eigenvalue weighted by atomic mass is 16.4. The normalized spacial score (nSPS) is 45.2. The van der Waals surface area contributed by atoms with Gasteiger partial charge in [-0.3, -0.25) is 0 Å². The molecule has 5 heteroatoms. The number of aliphatic hydroxyl groups is 5. The first-order valence-electron chi connectivity index (χ1n) is 9.66. The quantitative estimate of drug-likeness (QED) is 0.524. The number of rotatable bonds is 3. The van der Waals surface area contributed by atoms with E-state index in [4.69, 9.17) is 0 Å². The van der Waals surface area contributed by atoms with Gasteiger partial charge < -0.3 is 25.5 Å². The summed E-state index contributed by atoms with van der Waals surface area (Å²) < 4.78 is 0. The van der Waals surface area contributed by atoms with E-state index in [0.29, 0.717) is 25.7 Å². The summed E-state index contributed by atoms with van der Waals surface area (Å²) in [6.07, 6.45) is 6.10. The van der Waals surface area contributed by atoms with Crippen LogP contribution >= 0.6 is 0 Å². The molecule has 3 aliphatic rings. The van der Waals surface area contributed by atoms with Gasteiger partial charge in [0.05, 0.1) is 24.4 Å². The molecule has 26 heavy (non-hydrogen) atoms. The van der Waals surface area contributed by atoms with Crippen LogP contribution in [0.4, 0.5) is 0 Å². The van der Waals surface area contributed by atoms with Crippen LogP contribution in [0.3, 0.4) is 0 Å². The summed E-state index contributed by atoms with van der Waals surface area (Å²) in [7, 11) is 0. The molecule has 0 bridgehead atoms. The molecule has 0 aromatic carbocycles. The third-order valence-corrected chi connectivity index (χ3v) is 7.06. The van der Waals surface area contributed by atoms with Gasteiger partial charge in [0.2, 0.25) is 0 Å². The molecule has 3 rings (SSSR count). The van der Waals surface area contributed by atoms with Gasteiger partial charge in [-0.05, 0) is 56.4 Å². The molecule has 5 nitrogen and oxygen atoms in total. The first-order chi connectivity index (χ1) is 12.2. The number of allylic oxidation sites excluding steroid dienone is 3.